The maximum Gasteiger partial charge on any atom is 0.316 e. The van der Waals surface area contributed by atoms with Gasteiger partial charge in [0.15, 0.2) is 0 Å². The average Bonchev–Trinajstić information content (AvgIpc) is 2.47. The number of benzene rings is 1. The number of hydrogen-bond acceptors (Lipinski definition) is 4. The molecule has 0 aliphatic rings. The van der Waals surface area contributed by atoms with Crippen LogP contribution in [0, 0.1) is 0 Å². The third-order valence-electron chi connectivity index (χ3n) is 3.52. The number of amides is 1. The zero-order valence-electron chi connectivity index (χ0n) is 12.9. The molecule has 0 aliphatic carbocycles. The number of rotatable bonds is 4. The van der Waals surface area contributed by atoms with E-state index in [0.717, 1.165) is 0 Å². The maximum atomic E-state index is 12.2. The Labute approximate surface area is 127 Å². The molecule has 1 aromatic heterocycles. The Morgan fingerprint density at radius 1 is 1.36 bits per heavy atom. The van der Waals surface area contributed by atoms with Crippen molar-refractivity contribution in [3.63, 3.8) is 0 Å². The summed E-state index contributed by atoms with van der Waals surface area (Å²) in [5, 5.41) is 2.82. The van der Waals surface area contributed by atoms with E-state index < -0.39 is 16.7 Å². The maximum absolute atomic E-state index is 12.2. The Bertz CT molecular complexity index is 833. The molecule has 2 aromatic rings. The van der Waals surface area contributed by atoms with Crippen molar-refractivity contribution in [2.24, 2.45) is 5.73 Å². The zero-order chi connectivity index (χ0) is 16.5. The fourth-order valence-corrected chi connectivity index (χ4v) is 2.17. The Kier molecular flexibility index (Phi) is 4.18. The largest absolute Gasteiger partial charge is 0.346 e. The minimum absolute atomic E-state index is 0.285. The lowest BCUT2D eigenvalue weighted by Gasteiger charge is -2.24. The van der Waals surface area contributed by atoms with Gasteiger partial charge in [-0.25, -0.2) is 0 Å². The standard InChI is InChI=1S/C15H20N4O3/c1-4-19-11-6-5-9(12(20)18-15(2,3)8-16)7-10(11)17-13(21)14(19)22/h5-7H,4,8,16H2,1-3H3,(H,17,21)(H,18,20). The van der Waals surface area contributed by atoms with E-state index in [-0.39, 0.29) is 5.91 Å². The lowest BCUT2D eigenvalue weighted by atomic mass is 10.0. The van der Waals surface area contributed by atoms with Gasteiger partial charge >= 0.3 is 11.1 Å². The van der Waals surface area contributed by atoms with Crippen LogP contribution in [0.1, 0.15) is 31.1 Å². The molecule has 0 bridgehead atoms. The van der Waals surface area contributed by atoms with Crippen molar-refractivity contribution in [3.8, 4) is 0 Å². The van der Waals surface area contributed by atoms with Crippen molar-refractivity contribution in [1.29, 1.82) is 0 Å². The summed E-state index contributed by atoms with van der Waals surface area (Å²) in [6, 6.07) is 4.83. The van der Waals surface area contributed by atoms with Crippen molar-refractivity contribution in [2.75, 3.05) is 6.54 Å². The number of aryl methyl sites for hydroxylation is 1. The highest BCUT2D eigenvalue weighted by Crippen LogP contribution is 2.12. The highest BCUT2D eigenvalue weighted by molar-refractivity contribution is 5.97. The topological polar surface area (TPSA) is 110 Å². The fraction of sp³-hybridized carbons (Fsp3) is 0.400. The van der Waals surface area contributed by atoms with E-state index in [0.29, 0.717) is 29.7 Å². The lowest BCUT2D eigenvalue weighted by molar-refractivity contribution is 0.0916. The van der Waals surface area contributed by atoms with Crippen LogP contribution in [-0.2, 0) is 6.54 Å². The van der Waals surface area contributed by atoms with E-state index in [1.165, 1.54) is 4.57 Å². The summed E-state index contributed by atoms with van der Waals surface area (Å²) < 4.78 is 1.37. The average molecular weight is 304 g/mol. The third kappa shape index (κ3) is 2.94. The first-order valence-corrected chi connectivity index (χ1v) is 7.08. The molecule has 22 heavy (non-hydrogen) atoms. The molecule has 0 spiro atoms. The second kappa shape index (κ2) is 5.76. The molecule has 0 saturated heterocycles. The molecule has 0 aliphatic heterocycles. The Morgan fingerprint density at radius 2 is 2.05 bits per heavy atom. The zero-order valence-corrected chi connectivity index (χ0v) is 12.9. The van der Waals surface area contributed by atoms with Crippen LogP contribution in [0.15, 0.2) is 27.8 Å². The molecule has 0 saturated carbocycles. The third-order valence-corrected chi connectivity index (χ3v) is 3.52. The highest BCUT2D eigenvalue weighted by atomic mass is 16.2. The SMILES string of the molecule is CCn1c(=O)c(=O)[nH]c2cc(C(=O)NC(C)(C)CN)ccc21. The molecule has 1 amide bonds. The number of nitrogens with two attached hydrogens (primary N) is 1. The quantitative estimate of drug-likeness (QED) is 0.700. The van der Waals surface area contributed by atoms with Gasteiger partial charge in [-0.1, -0.05) is 0 Å². The van der Waals surface area contributed by atoms with Crippen LogP contribution in [0.2, 0.25) is 0 Å². The van der Waals surface area contributed by atoms with Crippen molar-refractivity contribution in [2.45, 2.75) is 32.9 Å². The molecular formula is C15H20N4O3. The van der Waals surface area contributed by atoms with Gasteiger partial charge in [-0.2, -0.15) is 0 Å². The van der Waals surface area contributed by atoms with Crippen LogP contribution >= 0.6 is 0 Å². The summed E-state index contributed by atoms with van der Waals surface area (Å²) >= 11 is 0. The number of nitrogens with zero attached hydrogens (tertiary/aromatic N) is 1. The summed E-state index contributed by atoms with van der Waals surface area (Å²) in [5.74, 6) is -0.285. The van der Waals surface area contributed by atoms with E-state index in [4.69, 9.17) is 5.73 Å². The monoisotopic (exact) mass is 304 g/mol. The lowest BCUT2D eigenvalue weighted by Crippen LogP contribution is -2.48. The molecule has 7 nitrogen and oxygen atoms in total. The van der Waals surface area contributed by atoms with Crippen LogP contribution in [0.25, 0.3) is 11.0 Å². The van der Waals surface area contributed by atoms with Gasteiger partial charge in [-0.3, -0.25) is 14.4 Å². The van der Waals surface area contributed by atoms with Gasteiger partial charge in [-0.15, -0.1) is 0 Å². The van der Waals surface area contributed by atoms with Gasteiger partial charge in [0.05, 0.1) is 11.0 Å². The van der Waals surface area contributed by atoms with Crippen molar-refractivity contribution >= 4 is 16.9 Å². The number of fused-ring (bicyclic) bond motifs is 1. The predicted molar refractivity (Wildman–Crippen MR) is 85.1 cm³/mol. The van der Waals surface area contributed by atoms with Gasteiger partial charge < -0.3 is 20.6 Å². The van der Waals surface area contributed by atoms with Gasteiger partial charge in [-0.05, 0) is 39.0 Å². The van der Waals surface area contributed by atoms with E-state index in [2.05, 4.69) is 10.3 Å². The molecule has 4 N–H and O–H groups in total. The second-order valence-corrected chi connectivity index (χ2v) is 5.78. The van der Waals surface area contributed by atoms with Crippen LogP contribution < -0.4 is 22.2 Å². The molecule has 1 heterocycles. The van der Waals surface area contributed by atoms with Crippen LogP contribution in [0.3, 0.4) is 0 Å². The summed E-state index contributed by atoms with van der Waals surface area (Å²) in [6.07, 6.45) is 0. The molecule has 118 valence electrons. The van der Waals surface area contributed by atoms with Crippen molar-refractivity contribution < 1.29 is 4.79 Å². The summed E-state index contributed by atoms with van der Waals surface area (Å²) in [5.41, 5.74) is 5.20. The summed E-state index contributed by atoms with van der Waals surface area (Å²) in [7, 11) is 0. The number of aromatic amines is 1. The molecule has 0 radical (unpaired) electrons. The van der Waals surface area contributed by atoms with Crippen LogP contribution in [0.4, 0.5) is 0 Å². The number of H-pyrrole nitrogens is 1. The van der Waals surface area contributed by atoms with E-state index >= 15 is 0 Å². The van der Waals surface area contributed by atoms with Gasteiger partial charge in [0.1, 0.15) is 0 Å². The first-order valence-electron chi connectivity index (χ1n) is 7.08. The summed E-state index contributed by atoms with van der Waals surface area (Å²) in [4.78, 5) is 38.2. The number of aromatic nitrogens is 2. The van der Waals surface area contributed by atoms with E-state index in [1.807, 2.05) is 13.8 Å². The first kappa shape index (κ1) is 16.0. The van der Waals surface area contributed by atoms with Gasteiger partial charge in [0, 0.05) is 24.2 Å². The molecule has 2 rings (SSSR count). The Balaban J connectivity index is 2.52. The normalized spacial score (nSPS) is 11.6. The Morgan fingerprint density at radius 3 is 2.64 bits per heavy atom. The van der Waals surface area contributed by atoms with Gasteiger partial charge in [0.25, 0.3) is 5.91 Å². The number of carbonyl (C=O) groups is 1. The summed E-state index contributed by atoms with van der Waals surface area (Å²) in [6.45, 7) is 6.11. The van der Waals surface area contributed by atoms with Crippen molar-refractivity contribution in [3.05, 3.63) is 44.5 Å². The molecule has 7 heteroatoms. The van der Waals surface area contributed by atoms with Gasteiger partial charge in [0.2, 0.25) is 0 Å². The van der Waals surface area contributed by atoms with Crippen LogP contribution in [-0.4, -0.2) is 27.5 Å². The Hall–Kier alpha value is -2.41. The second-order valence-electron chi connectivity index (χ2n) is 5.78. The highest BCUT2D eigenvalue weighted by Gasteiger charge is 2.19. The number of hydrogen-bond donors (Lipinski definition) is 3. The smallest absolute Gasteiger partial charge is 0.316 e. The van der Waals surface area contributed by atoms with E-state index in [1.54, 1.807) is 25.1 Å². The molecule has 0 unspecified atom stereocenters. The van der Waals surface area contributed by atoms with E-state index in [9.17, 15) is 14.4 Å². The molecule has 1 aromatic carbocycles. The first-order chi connectivity index (χ1) is 10.3. The fourth-order valence-electron chi connectivity index (χ4n) is 2.17. The van der Waals surface area contributed by atoms with Crippen molar-refractivity contribution in [1.82, 2.24) is 14.9 Å². The molecule has 0 fully saturated rings. The predicted octanol–water partition coefficient (Wildman–Crippen LogP) is 0.177. The molecular weight excluding hydrogens is 284 g/mol. The molecule has 0 atom stereocenters. The number of nitrogens with one attached hydrogen (secondary N) is 2. The number of carbonyl (C=O) groups excluding carboxylic acids is 1. The van der Waals surface area contributed by atoms with Crippen LogP contribution in [0.5, 0.6) is 0 Å². The minimum atomic E-state index is -0.700. The minimum Gasteiger partial charge on any atom is -0.346 e.